The van der Waals surface area contributed by atoms with E-state index in [0.717, 1.165) is 0 Å². The molecule has 21 heavy (non-hydrogen) atoms. The van der Waals surface area contributed by atoms with Crippen LogP contribution in [0.5, 0.6) is 0 Å². The standard InChI is InChI=1S/C14H14BN3O3/c15-14(6-2-5-11(19)17-13(14)21)18-7-9-8(12(18)20)3-1-4-10(9)16/h1,3-4H,2,5-7,16H2,(H,17,19,21)/t14-/m1/s1. The molecule has 2 aliphatic heterocycles. The van der Waals surface area contributed by atoms with Crippen molar-refractivity contribution in [1.82, 2.24) is 10.2 Å². The summed E-state index contributed by atoms with van der Waals surface area (Å²) in [5, 5.41) is 2.24. The number of benzene rings is 1. The summed E-state index contributed by atoms with van der Waals surface area (Å²) in [4.78, 5) is 37.5. The van der Waals surface area contributed by atoms with E-state index in [9.17, 15) is 14.4 Å². The first kappa shape index (κ1) is 13.7. The Morgan fingerprint density at radius 3 is 2.76 bits per heavy atom. The zero-order valence-corrected chi connectivity index (χ0v) is 11.4. The molecule has 0 aliphatic carbocycles. The number of carbonyl (C=O) groups is 3. The number of amides is 3. The maximum Gasteiger partial charge on any atom is 0.254 e. The third-order valence-corrected chi connectivity index (χ3v) is 4.09. The normalized spacial score (nSPS) is 25.5. The average Bonchev–Trinajstić information content (AvgIpc) is 2.71. The number of nitrogens with zero attached hydrogens (tertiary/aromatic N) is 1. The van der Waals surface area contributed by atoms with Crippen molar-refractivity contribution in [3.63, 3.8) is 0 Å². The van der Waals surface area contributed by atoms with Crippen LogP contribution in [0.25, 0.3) is 0 Å². The Bertz CT molecular complexity index is 661. The van der Waals surface area contributed by atoms with Gasteiger partial charge in [-0.1, -0.05) is 6.07 Å². The van der Waals surface area contributed by atoms with Crippen molar-refractivity contribution in [3.8, 4) is 0 Å². The average molecular weight is 283 g/mol. The Morgan fingerprint density at radius 1 is 1.29 bits per heavy atom. The zero-order valence-electron chi connectivity index (χ0n) is 11.4. The first-order valence-electron chi connectivity index (χ1n) is 6.76. The summed E-state index contributed by atoms with van der Waals surface area (Å²) in [5.41, 5.74) is 6.00. The number of rotatable bonds is 1. The summed E-state index contributed by atoms with van der Waals surface area (Å²) in [6.07, 6.45) is 0.912. The van der Waals surface area contributed by atoms with Crippen molar-refractivity contribution in [1.29, 1.82) is 0 Å². The van der Waals surface area contributed by atoms with Crippen molar-refractivity contribution < 1.29 is 14.4 Å². The van der Waals surface area contributed by atoms with E-state index in [-0.39, 0.29) is 31.2 Å². The van der Waals surface area contributed by atoms with Gasteiger partial charge < -0.3 is 10.6 Å². The van der Waals surface area contributed by atoms with Crippen LogP contribution in [-0.4, -0.2) is 35.9 Å². The van der Waals surface area contributed by atoms with Gasteiger partial charge in [0, 0.05) is 29.8 Å². The molecule has 1 aromatic rings. The number of hydrogen-bond acceptors (Lipinski definition) is 4. The van der Waals surface area contributed by atoms with Crippen LogP contribution in [0.3, 0.4) is 0 Å². The van der Waals surface area contributed by atoms with Crippen LogP contribution in [0.1, 0.15) is 35.2 Å². The van der Waals surface area contributed by atoms with Gasteiger partial charge in [-0.05, 0) is 25.0 Å². The Labute approximate surface area is 123 Å². The van der Waals surface area contributed by atoms with Crippen LogP contribution >= 0.6 is 0 Å². The number of nitrogens with two attached hydrogens (primary N) is 1. The summed E-state index contributed by atoms with van der Waals surface area (Å²) in [6.45, 7) is 0.180. The summed E-state index contributed by atoms with van der Waals surface area (Å²) in [6, 6.07) is 5.06. The lowest BCUT2D eigenvalue weighted by molar-refractivity contribution is -0.133. The molecular formula is C14H14BN3O3. The molecule has 2 aliphatic rings. The zero-order chi connectivity index (χ0) is 15.2. The Hall–Kier alpha value is -2.31. The Morgan fingerprint density at radius 2 is 2.05 bits per heavy atom. The van der Waals surface area contributed by atoms with Crippen molar-refractivity contribution >= 4 is 31.3 Å². The second kappa shape index (κ2) is 4.61. The lowest BCUT2D eigenvalue weighted by Crippen LogP contribution is -2.59. The highest BCUT2D eigenvalue weighted by molar-refractivity contribution is 6.31. The van der Waals surface area contributed by atoms with Crippen molar-refractivity contribution in [2.75, 3.05) is 5.73 Å². The minimum atomic E-state index is -1.52. The molecule has 1 saturated heterocycles. The third-order valence-electron chi connectivity index (χ3n) is 4.09. The summed E-state index contributed by atoms with van der Waals surface area (Å²) < 4.78 is 0. The molecule has 3 amide bonds. The predicted molar refractivity (Wildman–Crippen MR) is 76.2 cm³/mol. The molecular weight excluding hydrogens is 269 g/mol. The van der Waals surface area contributed by atoms with Crippen LogP contribution in [0, 0.1) is 0 Å². The summed E-state index contributed by atoms with van der Waals surface area (Å²) in [7, 11) is 6.19. The van der Waals surface area contributed by atoms with Crippen LogP contribution in [-0.2, 0) is 16.1 Å². The van der Waals surface area contributed by atoms with Gasteiger partial charge in [-0.15, -0.1) is 0 Å². The van der Waals surface area contributed by atoms with E-state index >= 15 is 0 Å². The van der Waals surface area contributed by atoms with E-state index in [1.54, 1.807) is 18.2 Å². The molecule has 1 atom stereocenters. The molecule has 1 aromatic carbocycles. The highest BCUT2D eigenvalue weighted by Gasteiger charge is 2.46. The fourth-order valence-corrected chi connectivity index (χ4v) is 2.87. The van der Waals surface area contributed by atoms with Crippen molar-refractivity contribution in [2.45, 2.75) is 31.2 Å². The Kier molecular flexibility index (Phi) is 3.00. The van der Waals surface area contributed by atoms with Gasteiger partial charge in [-0.2, -0.15) is 0 Å². The van der Waals surface area contributed by atoms with Crippen LogP contribution in [0.2, 0.25) is 0 Å². The minimum absolute atomic E-state index is 0.180. The SMILES string of the molecule is [B][C@@]1(N2Cc3c(N)cccc3C2=O)CCCC(=O)NC1=O. The van der Waals surface area contributed by atoms with Gasteiger partial charge in [0.2, 0.25) is 11.8 Å². The quantitative estimate of drug-likeness (QED) is 0.428. The Balaban J connectivity index is 1.98. The van der Waals surface area contributed by atoms with E-state index in [2.05, 4.69) is 5.32 Å². The number of hydrogen-bond donors (Lipinski definition) is 2. The second-order valence-electron chi connectivity index (χ2n) is 5.42. The predicted octanol–water partition coefficient (Wildman–Crippen LogP) is -0.0839. The largest absolute Gasteiger partial charge is 0.398 e. The van der Waals surface area contributed by atoms with Gasteiger partial charge in [0.25, 0.3) is 5.91 Å². The maximum atomic E-state index is 12.5. The summed E-state index contributed by atoms with van der Waals surface area (Å²) in [5.74, 6) is -1.33. The molecule has 0 aromatic heterocycles. The lowest BCUT2D eigenvalue weighted by Gasteiger charge is -2.36. The number of imide groups is 1. The van der Waals surface area contributed by atoms with Crippen LogP contribution < -0.4 is 11.1 Å². The second-order valence-corrected chi connectivity index (χ2v) is 5.42. The highest BCUT2D eigenvalue weighted by Crippen LogP contribution is 2.34. The van der Waals surface area contributed by atoms with E-state index in [1.165, 1.54) is 4.90 Å². The third kappa shape index (κ3) is 2.00. The van der Waals surface area contributed by atoms with E-state index in [1.807, 2.05) is 0 Å². The van der Waals surface area contributed by atoms with Gasteiger partial charge >= 0.3 is 0 Å². The molecule has 2 heterocycles. The number of nitrogen functional groups attached to an aromatic ring is 1. The van der Waals surface area contributed by atoms with Gasteiger partial charge in [-0.3, -0.25) is 19.7 Å². The monoisotopic (exact) mass is 283 g/mol. The van der Waals surface area contributed by atoms with E-state index < -0.39 is 11.3 Å². The maximum absolute atomic E-state index is 12.5. The molecule has 0 saturated carbocycles. The van der Waals surface area contributed by atoms with Crippen LogP contribution in [0.4, 0.5) is 5.69 Å². The van der Waals surface area contributed by atoms with Gasteiger partial charge in [0.15, 0.2) is 0 Å². The smallest absolute Gasteiger partial charge is 0.254 e. The fraction of sp³-hybridized carbons (Fsp3) is 0.357. The molecule has 3 rings (SSSR count). The molecule has 7 heteroatoms. The van der Waals surface area contributed by atoms with E-state index in [4.69, 9.17) is 13.6 Å². The first-order chi connectivity index (χ1) is 9.93. The first-order valence-corrected chi connectivity index (χ1v) is 6.76. The van der Waals surface area contributed by atoms with Gasteiger partial charge in [0.05, 0.1) is 5.44 Å². The molecule has 0 bridgehead atoms. The highest BCUT2D eigenvalue weighted by atomic mass is 16.2. The number of anilines is 1. The molecule has 2 radical (unpaired) electrons. The van der Waals surface area contributed by atoms with E-state index in [0.29, 0.717) is 23.2 Å². The van der Waals surface area contributed by atoms with Crippen molar-refractivity contribution in [3.05, 3.63) is 29.3 Å². The summed E-state index contributed by atoms with van der Waals surface area (Å²) >= 11 is 0. The molecule has 0 spiro atoms. The number of fused-ring (bicyclic) bond motifs is 1. The van der Waals surface area contributed by atoms with Crippen LogP contribution in [0.15, 0.2) is 18.2 Å². The molecule has 3 N–H and O–H groups in total. The molecule has 6 nitrogen and oxygen atoms in total. The topological polar surface area (TPSA) is 92.5 Å². The molecule has 1 fully saturated rings. The number of carbonyl (C=O) groups excluding carboxylic acids is 3. The fourth-order valence-electron chi connectivity index (χ4n) is 2.87. The van der Waals surface area contributed by atoms with Gasteiger partial charge in [0.1, 0.15) is 7.85 Å². The minimum Gasteiger partial charge on any atom is -0.398 e. The molecule has 106 valence electrons. The van der Waals surface area contributed by atoms with Gasteiger partial charge in [-0.25, -0.2) is 0 Å². The lowest BCUT2D eigenvalue weighted by atomic mass is 9.72. The number of nitrogens with one attached hydrogen (secondary N) is 1. The molecule has 0 unspecified atom stereocenters. The van der Waals surface area contributed by atoms with Crippen molar-refractivity contribution in [2.24, 2.45) is 0 Å².